The Balaban J connectivity index is 1.71. The largest absolute Gasteiger partial charge is 0.458 e. The summed E-state index contributed by atoms with van der Waals surface area (Å²) in [5.74, 6) is -0.519. The average Bonchev–Trinajstić information content (AvgIpc) is 3.08. The van der Waals surface area contributed by atoms with Crippen LogP contribution < -0.4 is 4.72 Å². The van der Waals surface area contributed by atoms with E-state index in [1.54, 1.807) is 18.3 Å². The smallest absolute Gasteiger partial charge is 0.324 e. The third kappa shape index (κ3) is 5.42. The number of esters is 1. The molecule has 29 heavy (non-hydrogen) atoms. The zero-order valence-corrected chi connectivity index (χ0v) is 17.5. The van der Waals surface area contributed by atoms with Gasteiger partial charge in [0.15, 0.2) is 0 Å². The molecule has 3 aromatic rings. The summed E-state index contributed by atoms with van der Waals surface area (Å²) in [5.41, 5.74) is 2.29. The second-order valence-electron chi connectivity index (χ2n) is 7.42. The highest BCUT2D eigenvalue weighted by molar-refractivity contribution is 7.89. The number of aryl methyl sites for hydroxylation is 1. The molecule has 0 aliphatic heterocycles. The van der Waals surface area contributed by atoms with Crippen LogP contribution in [0.4, 0.5) is 0 Å². The summed E-state index contributed by atoms with van der Waals surface area (Å²) in [7, 11) is -3.84. The first kappa shape index (κ1) is 21.0. The minimum Gasteiger partial charge on any atom is -0.458 e. The molecule has 0 aliphatic rings. The van der Waals surface area contributed by atoms with E-state index in [0.717, 1.165) is 11.2 Å². The number of imidazole rings is 1. The fourth-order valence-electron chi connectivity index (χ4n) is 2.94. The molecule has 2 heterocycles. The highest BCUT2D eigenvalue weighted by atomic mass is 32.2. The molecule has 8 heteroatoms. The lowest BCUT2D eigenvalue weighted by atomic mass is 10.1. The van der Waals surface area contributed by atoms with E-state index < -0.39 is 22.0 Å². The third-order valence-corrected chi connectivity index (χ3v) is 5.88. The first-order valence-electron chi connectivity index (χ1n) is 9.43. The molecule has 2 aromatic heterocycles. The Labute approximate surface area is 170 Å². The van der Waals surface area contributed by atoms with Crippen LogP contribution in [0, 0.1) is 12.8 Å². The van der Waals surface area contributed by atoms with E-state index in [-0.39, 0.29) is 17.4 Å². The number of nitrogens with one attached hydrogen (secondary N) is 1. The maximum atomic E-state index is 12.7. The SMILES string of the molecule is Cc1ccc(S(=O)(=O)N[C@H](CC(C)C)C(=O)OCc2cn3ccccc3n2)cc1. The van der Waals surface area contributed by atoms with E-state index in [2.05, 4.69) is 9.71 Å². The predicted molar refractivity (Wildman–Crippen MR) is 110 cm³/mol. The minimum absolute atomic E-state index is 0.0264. The summed E-state index contributed by atoms with van der Waals surface area (Å²) >= 11 is 0. The maximum absolute atomic E-state index is 12.7. The molecule has 154 valence electrons. The molecule has 1 N–H and O–H groups in total. The molecule has 0 spiro atoms. The van der Waals surface area contributed by atoms with Crippen molar-refractivity contribution in [3.05, 3.63) is 66.1 Å². The van der Waals surface area contributed by atoms with Crippen molar-refractivity contribution in [3.8, 4) is 0 Å². The van der Waals surface area contributed by atoms with Crippen molar-refractivity contribution in [3.63, 3.8) is 0 Å². The van der Waals surface area contributed by atoms with Crippen LogP contribution in [0.1, 0.15) is 31.5 Å². The Morgan fingerprint density at radius 2 is 1.90 bits per heavy atom. The van der Waals surface area contributed by atoms with Crippen molar-refractivity contribution in [2.75, 3.05) is 0 Å². The molecule has 1 atom stereocenters. The Kier molecular flexibility index (Phi) is 6.34. The van der Waals surface area contributed by atoms with Crippen LogP contribution in [0.25, 0.3) is 5.65 Å². The van der Waals surface area contributed by atoms with Crippen LogP contribution in [0.3, 0.4) is 0 Å². The van der Waals surface area contributed by atoms with Gasteiger partial charge in [-0.1, -0.05) is 37.6 Å². The Morgan fingerprint density at radius 3 is 2.55 bits per heavy atom. The second kappa shape index (κ2) is 8.75. The lowest BCUT2D eigenvalue weighted by Crippen LogP contribution is -2.42. The lowest BCUT2D eigenvalue weighted by Gasteiger charge is -2.19. The zero-order chi connectivity index (χ0) is 21.0. The molecule has 1 aromatic carbocycles. The summed E-state index contributed by atoms with van der Waals surface area (Å²) in [6.07, 6.45) is 3.95. The molecule has 0 aliphatic carbocycles. The molecular formula is C21H25N3O4S. The van der Waals surface area contributed by atoms with E-state index in [0.29, 0.717) is 12.1 Å². The number of hydrogen-bond donors (Lipinski definition) is 1. The van der Waals surface area contributed by atoms with Crippen LogP contribution >= 0.6 is 0 Å². The Morgan fingerprint density at radius 1 is 1.17 bits per heavy atom. The molecule has 0 amide bonds. The van der Waals surface area contributed by atoms with E-state index in [1.807, 2.05) is 49.6 Å². The van der Waals surface area contributed by atoms with Gasteiger partial charge in [-0.05, 0) is 43.5 Å². The van der Waals surface area contributed by atoms with Crippen LogP contribution in [-0.4, -0.2) is 29.8 Å². The number of aromatic nitrogens is 2. The van der Waals surface area contributed by atoms with Crippen LogP contribution in [0.15, 0.2) is 59.8 Å². The van der Waals surface area contributed by atoms with Crippen molar-refractivity contribution in [2.45, 2.75) is 44.7 Å². The van der Waals surface area contributed by atoms with Gasteiger partial charge in [-0.2, -0.15) is 4.72 Å². The van der Waals surface area contributed by atoms with Crippen molar-refractivity contribution in [1.82, 2.24) is 14.1 Å². The topological polar surface area (TPSA) is 89.8 Å². The van der Waals surface area contributed by atoms with Gasteiger partial charge in [0.1, 0.15) is 18.3 Å². The molecule has 0 saturated heterocycles. The molecule has 0 saturated carbocycles. The van der Waals surface area contributed by atoms with E-state index in [4.69, 9.17) is 4.74 Å². The highest BCUT2D eigenvalue weighted by Crippen LogP contribution is 2.15. The summed E-state index contributed by atoms with van der Waals surface area (Å²) in [6.45, 7) is 5.69. The van der Waals surface area contributed by atoms with Gasteiger partial charge in [0.25, 0.3) is 0 Å². The number of nitrogens with zero attached hydrogens (tertiary/aromatic N) is 2. The molecular weight excluding hydrogens is 390 g/mol. The van der Waals surface area contributed by atoms with Crippen LogP contribution in [0.2, 0.25) is 0 Å². The molecule has 7 nitrogen and oxygen atoms in total. The van der Waals surface area contributed by atoms with Gasteiger partial charge in [-0.3, -0.25) is 4.79 Å². The van der Waals surface area contributed by atoms with Crippen molar-refractivity contribution >= 4 is 21.6 Å². The van der Waals surface area contributed by atoms with Gasteiger partial charge in [-0.25, -0.2) is 13.4 Å². The first-order valence-corrected chi connectivity index (χ1v) is 10.9. The molecule has 0 radical (unpaired) electrons. The quantitative estimate of drug-likeness (QED) is 0.571. The van der Waals surface area contributed by atoms with E-state index in [1.165, 1.54) is 12.1 Å². The number of carbonyl (C=O) groups is 1. The van der Waals surface area contributed by atoms with Gasteiger partial charge in [0.05, 0.1) is 10.6 Å². The van der Waals surface area contributed by atoms with Crippen LogP contribution in [-0.2, 0) is 26.2 Å². The normalized spacial score (nSPS) is 13.0. The lowest BCUT2D eigenvalue weighted by molar-refractivity contribution is -0.147. The Hall–Kier alpha value is -2.71. The molecule has 0 fully saturated rings. The number of benzene rings is 1. The fourth-order valence-corrected chi connectivity index (χ4v) is 4.14. The number of ether oxygens (including phenoxy) is 1. The van der Waals surface area contributed by atoms with Crippen molar-refractivity contribution in [2.24, 2.45) is 5.92 Å². The standard InChI is InChI=1S/C21H25N3O4S/c1-15(2)12-19(23-29(26,27)18-9-7-16(3)8-10-18)21(25)28-14-17-13-24-11-5-4-6-20(24)22-17/h4-11,13,15,19,23H,12,14H2,1-3H3/t19-/m1/s1. The first-order chi connectivity index (χ1) is 13.7. The average molecular weight is 416 g/mol. The summed E-state index contributed by atoms with van der Waals surface area (Å²) in [5, 5.41) is 0. The maximum Gasteiger partial charge on any atom is 0.324 e. The van der Waals surface area contributed by atoms with Gasteiger partial charge >= 0.3 is 5.97 Å². The van der Waals surface area contributed by atoms with Gasteiger partial charge in [0.2, 0.25) is 10.0 Å². The predicted octanol–water partition coefficient (Wildman–Crippen LogP) is 3.08. The number of sulfonamides is 1. The summed E-state index contributed by atoms with van der Waals surface area (Å²) < 4.78 is 35.1. The molecule has 0 unspecified atom stereocenters. The second-order valence-corrected chi connectivity index (χ2v) is 9.14. The van der Waals surface area contributed by atoms with Gasteiger partial charge in [-0.15, -0.1) is 0 Å². The molecule has 3 rings (SSSR count). The number of carbonyl (C=O) groups excluding carboxylic acids is 1. The van der Waals surface area contributed by atoms with Crippen molar-refractivity contribution in [1.29, 1.82) is 0 Å². The highest BCUT2D eigenvalue weighted by Gasteiger charge is 2.28. The zero-order valence-electron chi connectivity index (χ0n) is 16.7. The number of pyridine rings is 1. The van der Waals surface area contributed by atoms with Crippen LogP contribution in [0.5, 0.6) is 0 Å². The number of rotatable bonds is 8. The van der Waals surface area contributed by atoms with Crippen molar-refractivity contribution < 1.29 is 17.9 Å². The molecule has 0 bridgehead atoms. The Bertz CT molecular complexity index is 1060. The summed E-state index contributed by atoms with van der Waals surface area (Å²) in [6, 6.07) is 11.1. The monoisotopic (exact) mass is 415 g/mol. The van der Waals surface area contributed by atoms with E-state index in [9.17, 15) is 13.2 Å². The number of fused-ring (bicyclic) bond motifs is 1. The minimum atomic E-state index is -3.84. The van der Waals surface area contributed by atoms with Gasteiger partial charge < -0.3 is 9.14 Å². The summed E-state index contributed by atoms with van der Waals surface area (Å²) in [4.78, 5) is 17.1. The fraction of sp³-hybridized carbons (Fsp3) is 0.333. The number of hydrogen-bond acceptors (Lipinski definition) is 5. The van der Waals surface area contributed by atoms with Gasteiger partial charge in [0, 0.05) is 12.4 Å². The van der Waals surface area contributed by atoms with E-state index >= 15 is 0 Å². The third-order valence-electron chi connectivity index (χ3n) is 4.40.